The van der Waals surface area contributed by atoms with Crippen LogP contribution < -0.4 is 15.4 Å². The minimum Gasteiger partial charge on any atom is -0.497 e. The lowest BCUT2D eigenvalue weighted by molar-refractivity contribution is -0.123. The van der Waals surface area contributed by atoms with E-state index in [2.05, 4.69) is 10.6 Å². The first-order chi connectivity index (χ1) is 11.0. The van der Waals surface area contributed by atoms with Crippen LogP contribution >= 0.6 is 11.6 Å². The molecule has 2 aromatic carbocycles. The van der Waals surface area contributed by atoms with Gasteiger partial charge in [0.05, 0.1) is 7.11 Å². The third kappa shape index (κ3) is 5.00. The van der Waals surface area contributed by atoms with Crippen molar-refractivity contribution in [3.63, 3.8) is 0 Å². The van der Waals surface area contributed by atoms with Crippen LogP contribution in [0.3, 0.4) is 0 Å². The van der Waals surface area contributed by atoms with Crippen molar-refractivity contribution in [2.45, 2.75) is 13.3 Å². The van der Waals surface area contributed by atoms with Crippen molar-refractivity contribution >= 4 is 34.8 Å². The highest BCUT2D eigenvalue weighted by molar-refractivity contribution is 6.31. The van der Waals surface area contributed by atoms with E-state index in [1.54, 1.807) is 49.6 Å². The number of hydrogen-bond donors (Lipinski definition) is 2. The van der Waals surface area contributed by atoms with Gasteiger partial charge in [-0.15, -0.1) is 0 Å². The van der Waals surface area contributed by atoms with Gasteiger partial charge in [-0.05, 0) is 36.8 Å². The van der Waals surface area contributed by atoms with Crippen LogP contribution in [-0.2, 0) is 9.59 Å². The van der Waals surface area contributed by atoms with E-state index in [0.717, 1.165) is 5.56 Å². The number of benzene rings is 2. The number of ether oxygens (including phenoxy) is 1. The summed E-state index contributed by atoms with van der Waals surface area (Å²) in [4.78, 5) is 23.9. The van der Waals surface area contributed by atoms with Crippen LogP contribution in [0.25, 0.3) is 0 Å². The van der Waals surface area contributed by atoms with Gasteiger partial charge in [-0.3, -0.25) is 9.59 Å². The van der Waals surface area contributed by atoms with Crippen LogP contribution in [0.2, 0.25) is 5.02 Å². The lowest BCUT2D eigenvalue weighted by atomic mass is 10.2. The van der Waals surface area contributed by atoms with Crippen LogP contribution in [0.1, 0.15) is 12.0 Å². The Labute approximate surface area is 139 Å². The number of amides is 2. The number of methoxy groups -OCH3 is 1. The third-order valence-corrected chi connectivity index (χ3v) is 3.38. The number of anilines is 2. The molecule has 0 heterocycles. The van der Waals surface area contributed by atoms with Crippen molar-refractivity contribution in [2.24, 2.45) is 0 Å². The van der Waals surface area contributed by atoms with Gasteiger partial charge in [0.15, 0.2) is 0 Å². The molecule has 0 fully saturated rings. The number of carbonyl (C=O) groups excluding carboxylic acids is 2. The van der Waals surface area contributed by atoms with E-state index in [9.17, 15) is 9.59 Å². The molecule has 5 nitrogen and oxygen atoms in total. The Morgan fingerprint density at radius 1 is 1.09 bits per heavy atom. The zero-order valence-corrected chi connectivity index (χ0v) is 13.6. The molecule has 0 aliphatic heterocycles. The number of hydrogen-bond acceptors (Lipinski definition) is 3. The molecule has 120 valence electrons. The average molecular weight is 333 g/mol. The molecule has 0 aliphatic rings. The molecule has 6 heteroatoms. The molecule has 0 aliphatic carbocycles. The van der Waals surface area contributed by atoms with Gasteiger partial charge in [0.25, 0.3) is 0 Å². The first-order valence-electron chi connectivity index (χ1n) is 6.98. The van der Waals surface area contributed by atoms with Crippen molar-refractivity contribution in [3.05, 3.63) is 53.1 Å². The molecule has 0 spiro atoms. The second-order valence-electron chi connectivity index (χ2n) is 4.96. The van der Waals surface area contributed by atoms with E-state index in [1.807, 2.05) is 6.92 Å². The highest BCUT2D eigenvalue weighted by Crippen LogP contribution is 2.20. The highest BCUT2D eigenvalue weighted by Gasteiger charge is 2.11. The second kappa shape index (κ2) is 7.65. The summed E-state index contributed by atoms with van der Waals surface area (Å²) in [5.74, 6) is -0.187. The van der Waals surface area contributed by atoms with Gasteiger partial charge in [-0.25, -0.2) is 0 Å². The molecule has 0 aromatic heterocycles. The summed E-state index contributed by atoms with van der Waals surface area (Å²) in [6.07, 6.45) is -0.289. The van der Waals surface area contributed by atoms with E-state index in [4.69, 9.17) is 16.3 Å². The molecule has 2 rings (SSSR count). The maximum absolute atomic E-state index is 12.0. The smallest absolute Gasteiger partial charge is 0.233 e. The Kier molecular flexibility index (Phi) is 5.60. The summed E-state index contributed by atoms with van der Waals surface area (Å²) < 4.78 is 5.08. The van der Waals surface area contributed by atoms with Crippen LogP contribution in [0.15, 0.2) is 42.5 Å². The van der Waals surface area contributed by atoms with E-state index in [-0.39, 0.29) is 6.42 Å². The highest BCUT2D eigenvalue weighted by atomic mass is 35.5. The van der Waals surface area contributed by atoms with Crippen molar-refractivity contribution in [1.29, 1.82) is 0 Å². The number of nitrogens with one attached hydrogen (secondary N) is 2. The predicted octanol–water partition coefficient (Wildman–Crippen LogP) is 3.62. The van der Waals surface area contributed by atoms with Gasteiger partial charge in [0.2, 0.25) is 11.8 Å². The zero-order valence-electron chi connectivity index (χ0n) is 12.9. The van der Waals surface area contributed by atoms with Crippen LogP contribution in [0, 0.1) is 6.92 Å². The van der Waals surface area contributed by atoms with Crippen LogP contribution in [0.5, 0.6) is 5.75 Å². The first kappa shape index (κ1) is 16.8. The largest absolute Gasteiger partial charge is 0.497 e. The Bertz CT molecular complexity index is 732. The van der Waals surface area contributed by atoms with E-state index in [1.165, 1.54) is 0 Å². The Hall–Kier alpha value is -2.53. The Balaban J connectivity index is 1.94. The van der Waals surface area contributed by atoms with Gasteiger partial charge in [-0.1, -0.05) is 23.7 Å². The third-order valence-electron chi connectivity index (χ3n) is 3.15. The van der Waals surface area contributed by atoms with Gasteiger partial charge >= 0.3 is 0 Å². The van der Waals surface area contributed by atoms with Crippen molar-refractivity contribution in [3.8, 4) is 5.75 Å². The molecule has 0 saturated carbocycles. The van der Waals surface area contributed by atoms with Gasteiger partial charge in [0.1, 0.15) is 12.2 Å². The fourth-order valence-corrected chi connectivity index (χ4v) is 2.15. The maximum atomic E-state index is 12.0. The van der Waals surface area contributed by atoms with Gasteiger partial charge in [0, 0.05) is 22.5 Å². The maximum Gasteiger partial charge on any atom is 0.233 e. The van der Waals surface area contributed by atoms with Crippen molar-refractivity contribution in [2.75, 3.05) is 17.7 Å². The quantitative estimate of drug-likeness (QED) is 0.822. The molecular formula is C17H17ClN2O3. The molecule has 0 unspecified atom stereocenters. The summed E-state index contributed by atoms with van der Waals surface area (Å²) in [6, 6.07) is 12.1. The normalized spacial score (nSPS) is 10.0. The van der Waals surface area contributed by atoms with Crippen LogP contribution in [-0.4, -0.2) is 18.9 Å². The fourth-order valence-electron chi connectivity index (χ4n) is 1.98. The molecule has 2 amide bonds. The monoisotopic (exact) mass is 332 g/mol. The van der Waals surface area contributed by atoms with Crippen molar-refractivity contribution in [1.82, 2.24) is 0 Å². The lowest BCUT2D eigenvalue weighted by Crippen LogP contribution is -2.21. The molecular weight excluding hydrogens is 316 g/mol. The van der Waals surface area contributed by atoms with Crippen LogP contribution in [0.4, 0.5) is 11.4 Å². The summed E-state index contributed by atoms with van der Waals surface area (Å²) >= 11 is 5.90. The fraction of sp³-hybridized carbons (Fsp3) is 0.176. The average Bonchev–Trinajstić information content (AvgIpc) is 2.50. The molecule has 0 bridgehead atoms. The molecule has 2 aromatic rings. The van der Waals surface area contributed by atoms with E-state index < -0.39 is 11.8 Å². The standard InChI is InChI=1S/C17H17ClN2O3/c1-11-6-7-12(18)8-15(11)20-17(22)10-16(21)19-13-4-3-5-14(9-13)23-2/h3-9H,10H2,1-2H3,(H,19,21)(H,20,22). The molecule has 2 N–H and O–H groups in total. The summed E-state index contributed by atoms with van der Waals surface area (Å²) in [5.41, 5.74) is 2.04. The Morgan fingerprint density at radius 2 is 1.83 bits per heavy atom. The van der Waals surface area contributed by atoms with E-state index >= 15 is 0 Å². The van der Waals surface area contributed by atoms with E-state index in [0.29, 0.717) is 22.1 Å². The number of carbonyl (C=O) groups is 2. The van der Waals surface area contributed by atoms with Gasteiger partial charge < -0.3 is 15.4 Å². The Morgan fingerprint density at radius 3 is 2.57 bits per heavy atom. The van der Waals surface area contributed by atoms with Crippen molar-refractivity contribution < 1.29 is 14.3 Å². The summed E-state index contributed by atoms with van der Waals surface area (Å²) in [5, 5.41) is 5.85. The number of halogens is 1. The summed E-state index contributed by atoms with van der Waals surface area (Å²) in [6.45, 7) is 1.85. The number of aryl methyl sites for hydroxylation is 1. The molecule has 0 radical (unpaired) electrons. The topological polar surface area (TPSA) is 67.4 Å². The minimum absolute atomic E-state index is 0.289. The first-order valence-corrected chi connectivity index (χ1v) is 7.35. The molecule has 23 heavy (non-hydrogen) atoms. The minimum atomic E-state index is -0.407. The SMILES string of the molecule is COc1cccc(NC(=O)CC(=O)Nc2cc(Cl)ccc2C)c1. The lowest BCUT2D eigenvalue weighted by Gasteiger charge is -2.10. The molecule has 0 atom stereocenters. The second-order valence-corrected chi connectivity index (χ2v) is 5.40. The predicted molar refractivity (Wildman–Crippen MR) is 91.1 cm³/mol. The molecule has 0 saturated heterocycles. The number of rotatable bonds is 5. The zero-order chi connectivity index (χ0) is 16.8. The van der Waals surface area contributed by atoms with Gasteiger partial charge in [-0.2, -0.15) is 0 Å². The summed E-state index contributed by atoms with van der Waals surface area (Å²) in [7, 11) is 1.54.